The fourth-order valence-electron chi connectivity index (χ4n) is 1.71. The highest BCUT2D eigenvalue weighted by atomic mass is 19.4. The molecule has 1 amide bonds. The van der Waals surface area contributed by atoms with Gasteiger partial charge in [0.2, 0.25) is 17.3 Å². The molecule has 0 rings (SSSR count). The van der Waals surface area contributed by atoms with Gasteiger partial charge in [0.15, 0.2) is 6.73 Å². The van der Waals surface area contributed by atoms with Crippen LogP contribution in [0.2, 0.25) is 0 Å². The molecule has 13 heteroatoms. The molecule has 0 aromatic carbocycles. The maximum atomic E-state index is 14.0. The fraction of sp³-hybridized carbons (Fsp3) is 0.786. The number of amides is 1. The first-order valence-electron chi connectivity index (χ1n) is 7.38. The number of allylic oxidation sites excluding steroid dienone is 2. The fourth-order valence-corrected chi connectivity index (χ4v) is 1.71. The summed E-state index contributed by atoms with van der Waals surface area (Å²) in [6.07, 6.45) is -20.1. The van der Waals surface area contributed by atoms with Crippen LogP contribution in [0.4, 0.5) is 43.9 Å². The van der Waals surface area contributed by atoms with E-state index in [2.05, 4.69) is 4.74 Å². The molecule has 0 radical (unpaired) electrons. The largest absolute Gasteiger partial charge is 0.468 e. The van der Waals surface area contributed by atoms with Crippen LogP contribution in [0, 0.1) is 5.92 Å². The van der Waals surface area contributed by atoms with Crippen molar-refractivity contribution in [3.05, 3.63) is 11.3 Å². The number of alkyl halides is 10. The Morgan fingerprint density at radius 3 is 1.81 bits per heavy atom. The lowest BCUT2D eigenvalue weighted by Crippen LogP contribution is -2.43. The van der Waals surface area contributed by atoms with E-state index in [4.69, 9.17) is 0 Å². The monoisotopic (exact) mass is 421 g/mol. The molecule has 160 valence electrons. The van der Waals surface area contributed by atoms with E-state index in [9.17, 15) is 48.7 Å². The van der Waals surface area contributed by atoms with Crippen LogP contribution in [0.25, 0.3) is 0 Å². The predicted molar refractivity (Wildman–Crippen MR) is 72.9 cm³/mol. The molecular weight excluding hydrogens is 404 g/mol. The van der Waals surface area contributed by atoms with E-state index in [1.165, 1.54) is 6.92 Å². The van der Waals surface area contributed by atoms with Crippen molar-refractivity contribution in [3.63, 3.8) is 0 Å². The zero-order valence-electron chi connectivity index (χ0n) is 14.3. The summed E-state index contributed by atoms with van der Waals surface area (Å²) in [6.45, 7) is 1.05. The van der Waals surface area contributed by atoms with E-state index in [-0.39, 0.29) is 6.42 Å². The maximum Gasteiger partial charge on any atom is 0.449 e. The average molecular weight is 421 g/mol. The number of nitrogens with one attached hydrogen (secondary N) is 1. The Labute approximate surface area is 147 Å². The highest BCUT2D eigenvalue weighted by Crippen LogP contribution is 2.47. The van der Waals surface area contributed by atoms with Gasteiger partial charge in [0.25, 0.3) is 0 Å². The molecule has 0 aromatic heterocycles. The van der Waals surface area contributed by atoms with Gasteiger partial charge in [-0.05, 0) is 13.3 Å². The van der Waals surface area contributed by atoms with E-state index >= 15 is 0 Å². The molecule has 0 aliphatic carbocycles. The smallest absolute Gasteiger partial charge is 0.449 e. The molecule has 2 unspecified atom stereocenters. The third-order valence-electron chi connectivity index (χ3n) is 3.53. The maximum absolute atomic E-state index is 14.0. The van der Waals surface area contributed by atoms with Crippen molar-refractivity contribution in [1.82, 2.24) is 5.32 Å². The van der Waals surface area contributed by atoms with Crippen LogP contribution in [0.15, 0.2) is 11.3 Å². The molecule has 2 atom stereocenters. The van der Waals surface area contributed by atoms with E-state index in [1.54, 1.807) is 12.2 Å². The van der Waals surface area contributed by atoms with Gasteiger partial charge in [-0.1, -0.05) is 13.8 Å². The molecule has 0 heterocycles. The Kier molecular flexibility index (Phi) is 8.01. The van der Waals surface area contributed by atoms with Crippen molar-refractivity contribution in [3.8, 4) is 0 Å². The predicted octanol–water partition coefficient (Wildman–Crippen LogP) is 5.18. The first kappa shape index (κ1) is 25.3. The third kappa shape index (κ3) is 7.45. The Hall–Kier alpha value is -1.69. The van der Waals surface area contributed by atoms with Crippen molar-refractivity contribution in [1.29, 1.82) is 0 Å². The molecule has 0 saturated heterocycles. The summed E-state index contributed by atoms with van der Waals surface area (Å²) in [5, 5.41) is 1.76. The van der Waals surface area contributed by atoms with Gasteiger partial charge in [0, 0.05) is 11.5 Å². The van der Waals surface area contributed by atoms with Crippen LogP contribution in [-0.2, 0) is 9.53 Å². The second kappa shape index (κ2) is 8.55. The summed E-state index contributed by atoms with van der Waals surface area (Å²) in [5.74, 6) is -4.36. The minimum Gasteiger partial charge on any atom is -0.468 e. The number of halogens is 10. The lowest BCUT2D eigenvalue weighted by molar-refractivity contribution is -0.219. The zero-order chi connectivity index (χ0) is 21.8. The van der Waals surface area contributed by atoms with Gasteiger partial charge in [-0.15, -0.1) is 0 Å². The quantitative estimate of drug-likeness (QED) is 0.350. The summed E-state index contributed by atoms with van der Waals surface area (Å²) in [7, 11) is 0. The minimum atomic E-state index is -6.08. The van der Waals surface area contributed by atoms with Crippen LogP contribution < -0.4 is 5.32 Å². The van der Waals surface area contributed by atoms with Gasteiger partial charge in [0.1, 0.15) is 0 Å². The zero-order valence-corrected chi connectivity index (χ0v) is 14.3. The van der Waals surface area contributed by atoms with Crippen molar-refractivity contribution >= 4 is 5.91 Å². The van der Waals surface area contributed by atoms with Crippen molar-refractivity contribution in [2.24, 2.45) is 5.92 Å². The lowest BCUT2D eigenvalue weighted by Gasteiger charge is -2.30. The number of hydrogen-bond acceptors (Lipinski definition) is 2. The van der Waals surface area contributed by atoms with Gasteiger partial charge in [-0.2, -0.15) is 39.5 Å². The molecular formula is C14H17F10NO2. The summed E-state index contributed by atoms with van der Waals surface area (Å²) in [5.41, 5.74) is -7.67. The average Bonchev–Trinajstić information content (AvgIpc) is 2.45. The SMILES string of the molecule is CCC(C)C(=O)NCO/C(=C(/CC(F)(F)F)C(C)(F)C(F)(F)F)C(F)(F)F. The molecule has 0 aromatic rings. The summed E-state index contributed by atoms with van der Waals surface area (Å²) >= 11 is 0. The molecule has 0 aliphatic heterocycles. The Morgan fingerprint density at radius 1 is 1.00 bits per heavy atom. The van der Waals surface area contributed by atoms with Crippen LogP contribution >= 0.6 is 0 Å². The number of rotatable bonds is 7. The number of ether oxygens (including phenoxy) is 1. The second-order valence-electron chi connectivity index (χ2n) is 5.74. The van der Waals surface area contributed by atoms with E-state index in [1.807, 2.05) is 0 Å². The molecule has 0 saturated carbocycles. The Balaban J connectivity index is 6.04. The lowest BCUT2D eigenvalue weighted by atomic mass is 9.92. The first-order valence-corrected chi connectivity index (χ1v) is 7.38. The van der Waals surface area contributed by atoms with Crippen LogP contribution in [0.5, 0.6) is 0 Å². The summed E-state index contributed by atoms with van der Waals surface area (Å²) in [4.78, 5) is 11.4. The van der Waals surface area contributed by atoms with E-state index in [0.717, 1.165) is 0 Å². The number of carbonyl (C=O) groups is 1. The van der Waals surface area contributed by atoms with Crippen molar-refractivity contribution in [2.45, 2.75) is 57.8 Å². The van der Waals surface area contributed by atoms with Crippen molar-refractivity contribution < 1.29 is 53.4 Å². The highest BCUT2D eigenvalue weighted by molar-refractivity contribution is 5.77. The molecule has 0 bridgehead atoms. The molecule has 0 aliphatic rings. The normalized spacial score (nSPS) is 17.7. The van der Waals surface area contributed by atoms with Gasteiger partial charge in [-0.3, -0.25) is 4.79 Å². The Morgan fingerprint density at radius 2 is 1.48 bits per heavy atom. The molecule has 0 fully saturated rings. The minimum absolute atomic E-state index is 0.254. The summed E-state index contributed by atoms with van der Waals surface area (Å²) in [6, 6.07) is 0. The third-order valence-corrected chi connectivity index (χ3v) is 3.53. The van der Waals surface area contributed by atoms with Crippen LogP contribution in [0.3, 0.4) is 0 Å². The van der Waals surface area contributed by atoms with Gasteiger partial charge in [-0.25, -0.2) is 4.39 Å². The Bertz CT molecular complexity index is 546. The molecule has 27 heavy (non-hydrogen) atoms. The van der Waals surface area contributed by atoms with E-state index < -0.39 is 67.4 Å². The van der Waals surface area contributed by atoms with Gasteiger partial charge in [0.05, 0.1) is 6.42 Å². The topological polar surface area (TPSA) is 38.3 Å². The molecule has 3 nitrogen and oxygen atoms in total. The van der Waals surface area contributed by atoms with Crippen LogP contribution in [-0.4, -0.2) is 36.8 Å². The first-order chi connectivity index (χ1) is 11.8. The van der Waals surface area contributed by atoms with Crippen molar-refractivity contribution in [2.75, 3.05) is 6.73 Å². The van der Waals surface area contributed by atoms with Gasteiger partial charge >= 0.3 is 18.5 Å². The summed E-state index contributed by atoms with van der Waals surface area (Å²) < 4.78 is 133. The molecule has 0 spiro atoms. The van der Waals surface area contributed by atoms with Gasteiger partial charge < -0.3 is 10.1 Å². The number of hydrogen-bond donors (Lipinski definition) is 1. The second-order valence-corrected chi connectivity index (χ2v) is 5.74. The van der Waals surface area contributed by atoms with Crippen LogP contribution in [0.1, 0.15) is 33.6 Å². The highest BCUT2D eigenvalue weighted by Gasteiger charge is 2.60. The molecule has 1 N–H and O–H groups in total. The number of carbonyl (C=O) groups excluding carboxylic acids is 1. The standard InChI is InChI=1S/C14H17F10NO2/c1-4-7(2)10(26)25-6-27-9(13(19,20)21)8(5-12(16,17)18)11(3,15)14(22,23)24/h7H,4-6H2,1-3H3,(H,25,26)/b9-8-. The van der Waals surface area contributed by atoms with E-state index in [0.29, 0.717) is 0 Å².